The van der Waals surface area contributed by atoms with Crippen molar-refractivity contribution in [2.75, 3.05) is 6.54 Å². The van der Waals surface area contributed by atoms with E-state index >= 15 is 0 Å². The number of carbonyl (C=O) groups excluding carboxylic acids is 1. The van der Waals surface area contributed by atoms with Gasteiger partial charge in [0.2, 0.25) is 0 Å². The summed E-state index contributed by atoms with van der Waals surface area (Å²) in [6, 6.07) is 6.99. The first-order valence-corrected chi connectivity index (χ1v) is 6.79. The maximum atomic E-state index is 11.9. The second-order valence-corrected chi connectivity index (χ2v) is 4.81. The van der Waals surface area contributed by atoms with Crippen LogP contribution in [0.3, 0.4) is 0 Å². The molecular weight excluding hydrogens is 260 g/mol. The topological polar surface area (TPSA) is 50.4 Å². The lowest BCUT2D eigenvalue weighted by Crippen LogP contribution is -2.39. The lowest BCUT2D eigenvalue weighted by molar-refractivity contribution is 0.0976. The van der Waals surface area contributed by atoms with Crippen molar-refractivity contribution >= 4 is 23.2 Å². The van der Waals surface area contributed by atoms with E-state index in [2.05, 4.69) is 10.6 Å². The fourth-order valence-corrected chi connectivity index (χ4v) is 1.61. The molecule has 2 N–H and O–H groups in total. The maximum absolute atomic E-state index is 11.9. The first-order chi connectivity index (χ1) is 9.02. The average Bonchev–Trinajstić information content (AvgIpc) is 2.36. The summed E-state index contributed by atoms with van der Waals surface area (Å²) in [5.74, 6) is 0.530. The highest BCUT2D eigenvalue weighted by molar-refractivity contribution is 7.80. The molecule has 1 aromatic carbocycles. The Labute approximate surface area is 119 Å². The van der Waals surface area contributed by atoms with Crippen molar-refractivity contribution in [1.82, 2.24) is 10.6 Å². The number of ether oxygens (including phenoxy) is 1. The van der Waals surface area contributed by atoms with E-state index in [0.29, 0.717) is 10.7 Å². The highest BCUT2D eigenvalue weighted by Gasteiger charge is 2.07. The minimum Gasteiger partial charge on any atom is -0.491 e. The number of hydrogen-bond donors (Lipinski definition) is 2. The molecule has 0 spiro atoms. The Kier molecular flexibility index (Phi) is 6.29. The molecule has 0 heterocycles. The highest BCUT2D eigenvalue weighted by atomic mass is 32.1. The van der Waals surface area contributed by atoms with Crippen LogP contribution in [0.1, 0.15) is 37.6 Å². The first kappa shape index (κ1) is 15.4. The molecule has 0 unspecified atom stereocenters. The molecule has 0 aromatic heterocycles. The van der Waals surface area contributed by atoms with Gasteiger partial charge < -0.3 is 10.1 Å². The van der Waals surface area contributed by atoms with Crippen LogP contribution < -0.4 is 15.4 Å². The van der Waals surface area contributed by atoms with Crippen molar-refractivity contribution < 1.29 is 9.53 Å². The molecule has 5 heteroatoms. The second kappa shape index (κ2) is 7.74. The zero-order valence-corrected chi connectivity index (χ0v) is 12.3. The predicted octanol–water partition coefficient (Wildman–Crippen LogP) is 2.49. The largest absolute Gasteiger partial charge is 0.491 e. The number of nitrogens with one attached hydrogen (secondary N) is 2. The molecule has 0 fully saturated rings. The van der Waals surface area contributed by atoms with Gasteiger partial charge in [0.25, 0.3) is 5.91 Å². The SMILES string of the molecule is CCCNC(=S)NC(=O)c1ccc(OC(C)C)cc1. The Hall–Kier alpha value is -1.62. The van der Waals surface area contributed by atoms with E-state index in [-0.39, 0.29) is 12.0 Å². The van der Waals surface area contributed by atoms with Crippen molar-refractivity contribution in [3.63, 3.8) is 0 Å². The number of hydrogen-bond acceptors (Lipinski definition) is 3. The van der Waals surface area contributed by atoms with Crippen molar-refractivity contribution in [2.45, 2.75) is 33.3 Å². The van der Waals surface area contributed by atoms with Crippen LogP contribution in [0.25, 0.3) is 0 Å². The van der Waals surface area contributed by atoms with E-state index in [1.54, 1.807) is 24.3 Å². The quantitative estimate of drug-likeness (QED) is 0.814. The number of amides is 1. The summed E-state index contributed by atoms with van der Waals surface area (Å²) in [6.45, 7) is 6.70. The van der Waals surface area contributed by atoms with Gasteiger partial charge >= 0.3 is 0 Å². The van der Waals surface area contributed by atoms with Crippen molar-refractivity contribution in [3.05, 3.63) is 29.8 Å². The summed E-state index contributed by atoms with van der Waals surface area (Å²) >= 11 is 5.01. The van der Waals surface area contributed by atoms with Crippen molar-refractivity contribution in [3.8, 4) is 5.75 Å². The van der Waals surface area contributed by atoms with Gasteiger partial charge in [0.1, 0.15) is 5.75 Å². The number of benzene rings is 1. The monoisotopic (exact) mass is 280 g/mol. The molecule has 0 aliphatic carbocycles. The Morgan fingerprint density at radius 2 is 1.95 bits per heavy atom. The molecule has 19 heavy (non-hydrogen) atoms. The zero-order valence-electron chi connectivity index (χ0n) is 11.5. The first-order valence-electron chi connectivity index (χ1n) is 6.38. The van der Waals surface area contributed by atoms with Crippen LogP contribution in [0.5, 0.6) is 5.75 Å². The molecule has 1 rings (SSSR count). The number of rotatable bonds is 5. The Bertz CT molecular complexity index is 430. The van der Waals surface area contributed by atoms with Crippen LogP contribution >= 0.6 is 12.2 Å². The molecule has 0 radical (unpaired) electrons. The van der Waals surface area contributed by atoms with Gasteiger partial charge in [0.05, 0.1) is 6.10 Å². The fraction of sp³-hybridized carbons (Fsp3) is 0.429. The third-order valence-electron chi connectivity index (χ3n) is 2.25. The van der Waals surface area contributed by atoms with Gasteiger partial charge in [0.15, 0.2) is 5.11 Å². The number of carbonyl (C=O) groups is 1. The Balaban J connectivity index is 2.55. The summed E-state index contributed by atoms with van der Waals surface area (Å²) in [5.41, 5.74) is 0.553. The molecule has 4 nitrogen and oxygen atoms in total. The van der Waals surface area contributed by atoms with Gasteiger partial charge in [0, 0.05) is 12.1 Å². The molecule has 1 aromatic rings. The van der Waals surface area contributed by atoms with Gasteiger partial charge in [-0.3, -0.25) is 10.1 Å². The Morgan fingerprint density at radius 3 is 2.47 bits per heavy atom. The van der Waals surface area contributed by atoms with E-state index in [1.165, 1.54) is 0 Å². The summed E-state index contributed by atoms with van der Waals surface area (Å²) in [6.07, 6.45) is 1.07. The van der Waals surface area contributed by atoms with E-state index in [4.69, 9.17) is 17.0 Å². The van der Waals surface area contributed by atoms with Crippen LogP contribution in [0.4, 0.5) is 0 Å². The van der Waals surface area contributed by atoms with Gasteiger partial charge in [-0.25, -0.2) is 0 Å². The molecule has 0 aliphatic rings. The van der Waals surface area contributed by atoms with Crippen LogP contribution in [0.15, 0.2) is 24.3 Å². The Morgan fingerprint density at radius 1 is 1.32 bits per heavy atom. The average molecular weight is 280 g/mol. The minimum atomic E-state index is -0.218. The summed E-state index contributed by atoms with van der Waals surface area (Å²) in [4.78, 5) is 11.9. The third-order valence-corrected chi connectivity index (χ3v) is 2.50. The van der Waals surface area contributed by atoms with Crippen molar-refractivity contribution in [1.29, 1.82) is 0 Å². The molecule has 1 amide bonds. The smallest absolute Gasteiger partial charge is 0.257 e. The summed E-state index contributed by atoms with van der Waals surface area (Å²) < 4.78 is 5.51. The maximum Gasteiger partial charge on any atom is 0.257 e. The van der Waals surface area contributed by atoms with Gasteiger partial charge in [-0.05, 0) is 56.8 Å². The molecule has 0 bridgehead atoms. The molecule has 0 saturated carbocycles. The lowest BCUT2D eigenvalue weighted by Gasteiger charge is -2.11. The van der Waals surface area contributed by atoms with Crippen LogP contribution in [0.2, 0.25) is 0 Å². The minimum absolute atomic E-state index is 0.116. The molecule has 0 atom stereocenters. The molecule has 104 valence electrons. The molecule has 0 aliphatic heterocycles. The normalized spacial score (nSPS) is 10.1. The summed E-state index contributed by atoms with van der Waals surface area (Å²) in [5, 5.41) is 5.93. The zero-order chi connectivity index (χ0) is 14.3. The van der Waals surface area contributed by atoms with Gasteiger partial charge in [-0.15, -0.1) is 0 Å². The van der Waals surface area contributed by atoms with Crippen LogP contribution in [-0.4, -0.2) is 23.7 Å². The highest BCUT2D eigenvalue weighted by Crippen LogP contribution is 2.13. The van der Waals surface area contributed by atoms with E-state index < -0.39 is 0 Å². The standard InChI is InChI=1S/C14H20N2O2S/c1-4-9-15-14(19)16-13(17)11-5-7-12(8-6-11)18-10(2)3/h5-8,10H,4,9H2,1-3H3,(H2,15,16,17,19). The lowest BCUT2D eigenvalue weighted by atomic mass is 10.2. The van der Waals surface area contributed by atoms with E-state index in [9.17, 15) is 4.79 Å². The van der Waals surface area contributed by atoms with Crippen molar-refractivity contribution in [2.24, 2.45) is 0 Å². The molecular formula is C14H20N2O2S. The number of thiocarbonyl (C=S) groups is 1. The third kappa shape index (κ3) is 5.70. The van der Waals surface area contributed by atoms with Crippen LogP contribution in [-0.2, 0) is 0 Å². The van der Waals surface area contributed by atoms with Gasteiger partial charge in [-0.2, -0.15) is 0 Å². The van der Waals surface area contributed by atoms with Gasteiger partial charge in [-0.1, -0.05) is 6.92 Å². The van der Waals surface area contributed by atoms with E-state index in [0.717, 1.165) is 18.7 Å². The van der Waals surface area contributed by atoms with Crippen LogP contribution in [0, 0.1) is 0 Å². The fourth-order valence-electron chi connectivity index (χ4n) is 1.42. The molecule has 0 saturated heterocycles. The second-order valence-electron chi connectivity index (χ2n) is 4.40. The summed E-state index contributed by atoms with van der Waals surface area (Å²) in [7, 11) is 0. The predicted molar refractivity (Wildman–Crippen MR) is 80.6 cm³/mol. The van der Waals surface area contributed by atoms with E-state index in [1.807, 2.05) is 20.8 Å².